The van der Waals surface area contributed by atoms with Gasteiger partial charge in [0.05, 0.1) is 19.3 Å². The number of ether oxygens (including phenoxy) is 3. The van der Waals surface area contributed by atoms with Gasteiger partial charge in [-0.2, -0.15) is 0 Å². The van der Waals surface area contributed by atoms with Crippen molar-refractivity contribution in [1.29, 1.82) is 0 Å². The van der Waals surface area contributed by atoms with E-state index in [2.05, 4.69) is 18.3 Å². The van der Waals surface area contributed by atoms with E-state index in [4.69, 9.17) is 26.4 Å². The minimum Gasteiger partial charge on any atom is -0.494 e. The molecule has 0 unspecified atom stereocenters. The van der Waals surface area contributed by atoms with Crippen LogP contribution < -0.4 is 24.4 Å². The number of para-hydroxylation sites is 1. The lowest BCUT2D eigenvalue weighted by Crippen LogP contribution is -2.65. The average molecular weight is 385 g/mol. The Kier molecular flexibility index (Phi) is 4.60. The monoisotopic (exact) mass is 384 g/mol. The Morgan fingerprint density at radius 3 is 2.59 bits per heavy atom. The van der Waals surface area contributed by atoms with Crippen LogP contribution in [0.1, 0.15) is 38.8 Å². The molecule has 2 atom stereocenters. The van der Waals surface area contributed by atoms with Crippen molar-refractivity contribution in [3.05, 3.63) is 48.0 Å². The van der Waals surface area contributed by atoms with E-state index in [0.29, 0.717) is 18.3 Å². The molecule has 1 fully saturated rings. The second kappa shape index (κ2) is 6.93. The molecule has 142 valence electrons. The van der Waals surface area contributed by atoms with E-state index in [0.717, 1.165) is 34.9 Å². The lowest BCUT2D eigenvalue weighted by Gasteiger charge is -2.52. The van der Waals surface area contributed by atoms with Gasteiger partial charge in [0.2, 0.25) is 0 Å². The van der Waals surface area contributed by atoms with Crippen LogP contribution >= 0.6 is 12.2 Å². The summed E-state index contributed by atoms with van der Waals surface area (Å²) in [6.07, 6.45) is 0.781. The maximum Gasteiger partial charge on any atom is 0.188 e. The molecule has 0 saturated carbocycles. The van der Waals surface area contributed by atoms with Gasteiger partial charge in [0.15, 0.2) is 22.3 Å². The second-order valence-corrected chi connectivity index (χ2v) is 7.24. The second-order valence-electron chi connectivity index (χ2n) is 6.85. The van der Waals surface area contributed by atoms with Crippen molar-refractivity contribution < 1.29 is 14.2 Å². The van der Waals surface area contributed by atoms with Gasteiger partial charge in [-0.15, -0.1) is 0 Å². The number of nitrogens with one attached hydrogen (secondary N) is 1. The normalized spacial score (nSPS) is 23.1. The van der Waals surface area contributed by atoms with Crippen LogP contribution in [0.3, 0.4) is 0 Å². The Balaban J connectivity index is 1.72. The van der Waals surface area contributed by atoms with Crippen LogP contribution in [0.25, 0.3) is 0 Å². The quantitative estimate of drug-likeness (QED) is 0.770. The van der Waals surface area contributed by atoms with Gasteiger partial charge in [0.25, 0.3) is 0 Å². The lowest BCUT2D eigenvalue weighted by molar-refractivity contribution is 0.0457. The first-order valence-corrected chi connectivity index (χ1v) is 9.75. The smallest absolute Gasteiger partial charge is 0.188 e. The number of anilines is 1. The summed E-state index contributed by atoms with van der Waals surface area (Å²) in [5, 5.41) is 4.14. The van der Waals surface area contributed by atoms with E-state index in [1.54, 1.807) is 0 Å². The largest absolute Gasteiger partial charge is 0.494 e. The van der Waals surface area contributed by atoms with Crippen molar-refractivity contribution in [2.24, 2.45) is 0 Å². The van der Waals surface area contributed by atoms with Crippen LogP contribution in [-0.4, -0.2) is 24.1 Å². The summed E-state index contributed by atoms with van der Waals surface area (Å²) in [4.78, 5) is 2.04. The fourth-order valence-corrected chi connectivity index (χ4v) is 4.32. The van der Waals surface area contributed by atoms with Crippen molar-refractivity contribution >= 4 is 23.0 Å². The number of benzene rings is 2. The molecule has 0 amide bonds. The average Bonchev–Trinajstić information content (AvgIpc) is 2.64. The summed E-state index contributed by atoms with van der Waals surface area (Å²) in [5.41, 5.74) is 1.46. The van der Waals surface area contributed by atoms with E-state index >= 15 is 0 Å². The highest BCUT2D eigenvalue weighted by Gasteiger charge is 2.49. The molecule has 1 saturated heterocycles. The molecule has 5 nitrogen and oxygen atoms in total. The van der Waals surface area contributed by atoms with Crippen LogP contribution in [-0.2, 0) is 0 Å². The molecular formula is C21H24N2O3S. The Morgan fingerprint density at radius 2 is 1.89 bits per heavy atom. The molecule has 2 bridgehead atoms. The summed E-state index contributed by atoms with van der Waals surface area (Å²) in [6, 6.07) is 14.1. The Morgan fingerprint density at radius 1 is 1.15 bits per heavy atom. The van der Waals surface area contributed by atoms with Crippen LogP contribution in [0, 0.1) is 0 Å². The highest BCUT2D eigenvalue weighted by molar-refractivity contribution is 7.80. The predicted octanol–water partition coefficient (Wildman–Crippen LogP) is 4.42. The number of hydrogen-bond acceptors (Lipinski definition) is 4. The van der Waals surface area contributed by atoms with Crippen molar-refractivity contribution in [3.63, 3.8) is 0 Å². The van der Waals surface area contributed by atoms with E-state index < -0.39 is 5.72 Å². The number of fused-ring (bicyclic) bond motifs is 4. The molecule has 27 heavy (non-hydrogen) atoms. The maximum atomic E-state index is 6.53. The van der Waals surface area contributed by atoms with E-state index in [9.17, 15) is 0 Å². The Bertz CT molecular complexity index is 855. The molecule has 0 aliphatic carbocycles. The molecule has 2 heterocycles. The van der Waals surface area contributed by atoms with Crippen LogP contribution in [0.4, 0.5) is 5.69 Å². The van der Waals surface area contributed by atoms with Crippen molar-refractivity contribution in [2.75, 3.05) is 18.1 Å². The van der Waals surface area contributed by atoms with Gasteiger partial charge in [-0.05, 0) is 63.3 Å². The third-order valence-electron chi connectivity index (χ3n) is 4.97. The maximum absolute atomic E-state index is 6.53. The topological polar surface area (TPSA) is 43.0 Å². The van der Waals surface area contributed by atoms with E-state index in [1.165, 1.54) is 0 Å². The third kappa shape index (κ3) is 3.08. The van der Waals surface area contributed by atoms with Crippen molar-refractivity contribution in [1.82, 2.24) is 5.32 Å². The first-order chi connectivity index (χ1) is 13.1. The number of nitrogens with zero attached hydrogens (tertiary/aromatic N) is 1. The number of thiocarbonyl (C=S) groups is 1. The van der Waals surface area contributed by atoms with Gasteiger partial charge in [-0.25, -0.2) is 0 Å². The van der Waals surface area contributed by atoms with E-state index in [-0.39, 0.29) is 6.04 Å². The Hall–Kier alpha value is -2.47. The van der Waals surface area contributed by atoms with E-state index in [1.807, 2.05) is 55.1 Å². The van der Waals surface area contributed by atoms with Gasteiger partial charge in [0.1, 0.15) is 5.75 Å². The minimum atomic E-state index is -0.597. The highest BCUT2D eigenvalue weighted by atomic mass is 32.1. The summed E-state index contributed by atoms with van der Waals surface area (Å²) in [6.45, 7) is 7.26. The molecule has 0 spiro atoms. The predicted molar refractivity (Wildman–Crippen MR) is 110 cm³/mol. The van der Waals surface area contributed by atoms with Crippen molar-refractivity contribution in [2.45, 2.75) is 39.0 Å². The molecular weight excluding hydrogens is 360 g/mol. The standard InChI is InChI=1S/C21H24N2O3S/c1-4-24-15-11-9-14(10-12-15)23-20(27)22-17-13-21(23,3)26-19-16(17)7-6-8-18(19)25-5-2/h6-12,17H,4-5,13H2,1-3H3,(H,22,27)/t17-,21+/m0/s1. The third-order valence-corrected chi connectivity index (χ3v) is 5.27. The first kappa shape index (κ1) is 17.9. The first-order valence-electron chi connectivity index (χ1n) is 9.34. The molecule has 1 N–H and O–H groups in total. The fraction of sp³-hybridized carbons (Fsp3) is 0.381. The molecule has 2 aromatic rings. The molecule has 4 rings (SSSR count). The SMILES string of the molecule is CCOc1ccc(N2C(=S)N[C@H]3C[C@@]2(C)Oc2c(OCC)cccc23)cc1. The summed E-state index contributed by atoms with van der Waals surface area (Å²) in [5.74, 6) is 2.41. The van der Waals surface area contributed by atoms with Crippen LogP contribution in [0.2, 0.25) is 0 Å². The lowest BCUT2D eigenvalue weighted by atomic mass is 9.90. The zero-order chi connectivity index (χ0) is 19.0. The highest BCUT2D eigenvalue weighted by Crippen LogP contribution is 2.49. The van der Waals surface area contributed by atoms with Gasteiger partial charge in [0, 0.05) is 17.7 Å². The molecule has 2 aliphatic heterocycles. The molecule has 6 heteroatoms. The van der Waals surface area contributed by atoms with Gasteiger partial charge >= 0.3 is 0 Å². The number of rotatable bonds is 5. The number of hydrogen-bond donors (Lipinski definition) is 1. The molecule has 0 radical (unpaired) electrons. The van der Waals surface area contributed by atoms with Gasteiger partial charge < -0.3 is 19.5 Å². The zero-order valence-corrected chi connectivity index (χ0v) is 16.6. The Labute approximate surface area is 165 Å². The summed E-state index contributed by atoms with van der Waals surface area (Å²) >= 11 is 5.70. The minimum absolute atomic E-state index is 0.102. The molecule has 2 aromatic carbocycles. The molecule has 0 aromatic heterocycles. The van der Waals surface area contributed by atoms with Gasteiger partial charge in [-0.1, -0.05) is 12.1 Å². The van der Waals surface area contributed by atoms with Gasteiger partial charge in [-0.3, -0.25) is 4.90 Å². The summed E-state index contributed by atoms with van der Waals surface area (Å²) < 4.78 is 17.9. The van der Waals surface area contributed by atoms with Crippen LogP contribution in [0.5, 0.6) is 17.2 Å². The summed E-state index contributed by atoms with van der Waals surface area (Å²) in [7, 11) is 0. The van der Waals surface area contributed by atoms with Crippen LogP contribution in [0.15, 0.2) is 42.5 Å². The zero-order valence-electron chi connectivity index (χ0n) is 15.8. The van der Waals surface area contributed by atoms with Crippen molar-refractivity contribution in [3.8, 4) is 17.2 Å². The fourth-order valence-electron chi connectivity index (χ4n) is 3.88. The molecule has 2 aliphatic rings.